The Hall–Kier alpha value is -7.89. The average Bonchev–Trinajstić information content (AvgIpc) is 3.84. The Bertz CT molecular complexity index is 3550. The van der Waals surface area contributed by atoms with Gasteiger partial charge in [-0.1, -0.05) is 158 Å². The van der Waals surface area contributed by atoms with Gasteiger partial charge in [-0.2, -0.15) is 0 Å². The molecule has 0 aliphatic heterocycles. The molecule has 0 saturated heterocycles. The normalized spacial score (nSPS) is 11.8. The average molecular weight is 741 g/mol. The second kappa shape index (κ2) is 12.8. The first-order valence-corrected chi connectivity index (χ1v) is 19.5. The molecule has 0 spiro atoms. The summed E-state index contributed by atoms with van der Waals surface area (Å²) in [5, 5.41) is 9.18. The third-order valence-electron chi connectivity index (χ3n) is 11.4. The molecule has 0 N–H and O–H groups in total. The topological polar surface area (TPSA) is 56.7 Å². The van der Waals surface area contributed by atoms with Crippen LogP contribution in [0.25, 0.3) is 116 Å². The van der Waals surface area contributed by atoms with Crippen LogP contribution >= 0.6 is 0 Å². The lowest BCUT2D eigenvalue weighted by molar-refractivity contribution is 0.669. The van der Waals surface area contributed by atoms with Gasteiger partial charge < -0.3 is 8.98 Å². The third-order valence-corrected chi connectivity index (χ3v) is 11.4. The lowest BCUT2D eigenvalue weighted by Crippen LogP contribution is -2.04. The molecule has 0 unspecified atom stereocenters. The van der Waals surface area contributed by atoms with Crippen LogP contribution in [0.15, 0.2) is 199 Å². The Morgan fingerprint density at radius 3 is 1.67 bits per heavy atom. The Kier molecular flexibility index (Phi) is 7.16. The molecule has 0 fully saturated rings. The van der Waals surface area contributed by atoms with E-state index >= 15 is 0 Å². The van der Waals surface area contributed by atoms with Gasteiger partial charge in [0, 0.05) is 32.8 Å². The lowest BCUT2D eigenvalue weighted by Gasteiger charge is -2.16. The molecular formula is C53H32N4O. The highest BCUT2D eigenvalue weighted by molar-refractivity contribution is 6.25. The molecule has 0 atom stereocenters. The van der Waals surface area contributed by atoms with Crippen LogP contribution in [0.4, 0.5) is 0 Å². The number of benzene rings is 9. The summed E-state index contributed by atoms with van der Waals surface area (Å²) in [6, 6.07) is 68.0. The number of fused-ring (bicyclic) bond motifs is 9. The first kappa shape index (κ1) is 32.4. The van der Waals surface area contributed by atoms with Gasteiger partial charge in [-0.25, -0.2) is 15.0 Å². The monoisotopic (exact) mass is 740 g/mol. The molecule has 0 saturated carbocycles. The van der Waals surface area contributed by atoms with Gasteiger partial charge >= 0.3 is 0 Å². The number of rotatable bonds is 5. The summed E-state index contributed by atoms with van der Waals surface area (Å²) in [5.41, 5.74) is 9.77. The number of furan rings is 1. The van der Waals surface area contributed by atoms with Crippen molar-refractivity contribution >= 4 is 65.3 Å². The van der Waals surface area contributed by atoms with Crippen molar-refractivity contribution in [2.45, 2.75) is 0 Å². The zero-order valence-electron chi connectivity index (χ0n) is 31.2. The van der Waals surface area contributed by atoms with Crippen molar-refractivity contribution in [2.75, 3.05) is 0 Å². The summed E-state index contributed by atoms with van der Waals surface area (Å²) in [6.45, 7) is 0. The van der Waals surface area contributed by atoms with Crippen molar-refractivity contribution in [1.29, 1.82) is 0 Å². The van der Waals surface area contributed by atoms with Gasteiger partial charge in [0.1, 0.15) is 11.2 Å². The van der Waals surface area contributed by atoms with Crippen LogP contribution in [-0.4, -0.2) is 19.5 Å². The predicted octanol–water partition coefficient (Wildman–Crippen LogP) is 13.8. The van der Waals surface area contributed by atoms with E-state index in [4.69, 9.17) is 19.4 Å². The van der Waals surface area contributed by atoms with E-state index < -0.39 is 0 Å². The highest BCUT2D eigenvalue weighted by Gasteiger charge is 2.25. The molecule has 9 aromatic carbocycles. The van der Waals surface area contributed by atoms with Crippen LogP contribution in [0.5, 0.6) is 0 Å². The van der Waals surface area contributed by atoms with Gasteiger partial charge in [-0.3, -0.25) is 0 Å². The molecule has 0 aliphatic rings. The maximum Gasteiger partial charge on any atom is 0.166 e. The molecule has 5 heteroatoms. The van der Waals surface area contributed by atoms with Gasteiger partial charge in [-0.05, 0) is 69.1 Å². The predicted molar refractivity (Wildman–Crippen MR) is 238 cm³/mol. The molecule has 270 valence electrons. The molecule has 3 heterocycles. The minimum Gasteiger partial charge on any atom is -0.456 e. The molecule has 0 aliphatic carbocycles. The summed E-state index contributed by atoms with van der Waals surface area (Å²) in [4.78, 5) is 15.8. The zero-order chi connectivity index (χ0) is 38.2. The number of hydrogen-bond donors (Lipinski definition) is 0. The highest BCUT2D eigenvalue weighted by Crippen LogP contribution is 2.45. The van der Waals surface area contributed by atoms with E-state index in [0.717, 1.165) is 66.5 Å². The Morgan fingerprint density at radius 2 is 0.914 bits per heavy atom. The van der Waals surface area contributed by atoms with Crippen molar-refractivity contribution < 1.29 is 4.42 Å². The van der Waals surface area contributed by atoms with E-state index in [1.54, 1.807) is 0 Å². The number of aromatic nitrogens is 4. The molecule has 12 rings (SSSR count). The molecule has 12 aromatic rings. The molecule has 0 bridgehead atoms. The van der Waals surface area contributed by atoms with Crippen molar-refractivity contribution in [2.24, 2.45) is 0 Å². The van der Waals surface area contributed by atoms with E-state index in [1.807, 2.05) is 36.4 Å². The molecular weight excluding hydrogens is 709 g/mol. The van der Waals surface area contributed by atoms with Crippen molar-refractivity contribution in [3.8, 4) is 51.0 Å². The minimum absolute atomic E-state index is 0.578. The van der Waals surface area contributed by atoms with Gasteiger partial charge in [0.05, 0.1) is 22.1 Å². The van der Waals surface area contributed by atoms with Crippen LogP contribution in [0, 0.1) is 0 Å². The van der Waals surface area contributed by atoms with E-state index in [0.29, 0.717) is 17.5 Å². The summed E-state index contributed by atoms with van der Waals surface area (Å²) < 4.78 is 9.03. The summed E-state index contributed by atoms with van der Waals surface area (Å²) in [7, 11) is 0. The standard InChI is InChI=1S/C53H32N4O/c1-3-13-33(14-4-1)34-23-25-37(26-24-34)52-54-51(36-16-5-2-6-17-36)55-53(56-52)42-28-30-47-49(41-21-11-12-22-46(41)58-47)50(42)57-44-29-27-35-15-9-10-20-40(35)48(44)43-31-38-18-7-8-19-39(38)32-45(43)57/h1-32H. The minimum atomic E-state index is 0.578. The summed E-state index contributed by atoms with van der Waals surface area (Å²) in [5.74, 6) is 1.79. The molecule has 5 nitrogen and oxygen atoms in total. The third kappa shape index (κ3) is 5.07. The van der Waals surface area contributed by atoms with Gasteiger partial charge in [-0.15, -0.1) is 0 Å². The van der Waals surface area contributed by atoms with Gasteiger partial charge in [0.25, 0.3) is 0 Å². The molecule has 0 amide bonds. The van der Waals surface area contributed by atoms with Crippen LogP contribution in [0.1, 0.15) is 0 Å². The second-order valence-corrected chi connectivity index (χ2v) is 14.8. The second-order valence-electron chi connectivity index (χ2n) is 14.8. The van der Waals surface area contributed by atoms with E-state index in [9.17, 15) is 0 Å². The molecule has 3 aromatic heterocycles. The number of nitrogens with zero attached hydrogens (tertiary/aromatic N) is 4. The van der Waals surface area contributed by atoms with Crippen molar-refractivity contribution in [3.63, 3.8) is 0 Å². The van der Waals surface area contributed by atoms with Gasteiger partial charge in [0.15, 0.2) is 17.5 Å². The fourth-order valence-corrected chi connectivity index (χ4v) is 8.71. The van der Waals surface area contributed by atoms with Crippen LogP contribution in [0.3, 0.4) is 0 Å². The van der Waals surface area contributed by atoms with Crippen LogP contribution in [-0.2, 0) is 0 Å². The van der Waals surface area contributed by atoms with Crippen LogP contribution < -0.4 is 0 Å². The van der Waals surface area contributed by atoms with E-state index in [2.05, 4.69) is 162 Å². The Labute approximate surface area is 333 Å². The number of para-hydroxylation sites is 1. The first-order chi connectivity index (χ1) is 28.7. The molecule has 0 radical (unpaired) electrons. The zero-order valence-corrected chi connectivity index (χ0v) is 31.2. The van der Waals surface area contributed by atoms with Crippen molar-refractivity contribution in [3.05, 3.63) is 194 Å². The van der Waals surface area contributed by atoms with E-state index in [-0.39, 0.29) is 0 Å². The maximum atomic E-state index is 6.61. The largest absolute Gasteiger partial charge is 0.456 e. The lowest BCUT2D eigenvalue weighted by atomic mass is 10.0. The first-order valence-electron chi connectivity index (χ1n) is 19.5. The SMILES string of the molecule is c1ccc(-c2ccc(-c3nc(-c4ccccc4)nc(-c4ccc5oc6ccccc6c5c4-n4c5cc6ccccc6cc5c5c6ccccc6ccc54)n3)cc2)cc1. The number of hydrogen-bond acceptors (Lipinski definition) is 4. The van der Waals surface area contributed by atoms with Crippen LogP contribution in [0.2, 0.25) is 0 Å². The Morgan fingerprint density at radius 1 is 0.345 bits per heavy atom. The Balaban J connectivity index is 1.20. The fourth-order valence-electron chi connectivity index (χ4n) is 8.71. The summed E-state index contributed by atoms with van der Waals surface area (Å²) in [6.07, 6.45) is 0. The maximum absolute atomic E-state index is 6.61. The highest BCUT2D eigenvalue weighted by atomic mass is 16.3. The van der Waals surface area contributed by atoms with E-state index in [1.165, 1.54) is 32.3 Å². The smallest absolute Gasteiger partial charge is 0.166 e. The van der Waals surface area contributed by atoms with Gasteiger partial charge in [0.2, 0.25) is 0 Å². The fraction of sp³-hybridized carbons (Fsp3) is 0. The molecule has 58 heavy (non-hydrogen) atoms. The summed E-state index contributed by atoms with van der Waals surface area (Å²) >= 11 is 0. The quantitative estimate of drug-likeness (QED) is 0.176. The van der Waals surface area contributed by atoms with Crippen molar-refractivity contribution in [1.82, 2.24) is 19.5 Å².